The third-order valence-corrected chi connectivity index (χ3v) is 3.29. The summed E-state index contributed by atoms with van der Waals surface area (Å²) < 4.78 is 0. The molecule has 84 valence electrons. The molecule has 14 heavy (non-hydrogen) atoms. The van der Waals surface area contributed by atoms with Gasteiger partial charge in [-0.1, -0.05) is 13.3 Å². The number of piperazine rings is 1. The standard InChI is InChI=1S/C12H26N2/c1-6-7-10(2)14-9-12(4,5)13-8-11(14)3/h10-11,13H,6-9H2,1-5H3. The molecular weight excluding hydrogens is 172 g/mol. The lowest BCUT2D eigenvalue weighted by molar-refractivity contribution is 0.0654. The average molecular weight is 198 g/mol. The van der Waals surface area contributed by atoms with Gasteiger partial charge in [0.2, 0.25) is 0 Å². The summed E-state index contributed by atoms with van der Waals surface area (Å²) in [6, 6.07) is 1.42. The van der Waals surface area contributed by atoms with Crippen molar-refractivity contribution >= 4 is 0 Å². The summed E-state index contributed by atoms with van der Waals surface area (Å²) in [6.45, 7) is 13.9. The molecule has 2 nitrogen and oxygen atoms in total. The van der Waals surface area contributed by atoms with Crippen LogP contribution in [0.1, 0.15) is 47.5 Å². The van der Waals surface area contributed by atoms with Gasteiger partial charge in [0.15, 0.2) is 0 Å². The molecule has 1 heterocycles. The molecule has 0 aromatic heterocycles. The van der Waals surface area contributed by atoms with Crippen LogP contribution in [0.4, 0.5) is 0 Å². The smallest absolute Gasteiger partial charge is 0.0253 e. The molecule has 1 fully saturated rings. The van der Waals surface area contributed by atoms with Gasteiger partial charge in [0.05, 0.1) is 0 Å². The highest BCUT2D eigenvalue weighted by molar-refractivity contribution is 4.92. The van der Waals surface area contributed by atoms with Crippen molar-refractivity contribution in [2.24, 2.45) is 0 Å². The van der Waals surface area contributed by atoms with Gasteiger partial charge in [-0.15, -0.1) is 0 Å². The van der Waals surface area contributed by atoms with Crippen molar-refractivity contribution in [1.82, 2.24) is 10.2 Å². The number of nitrogens with one attached hydrogen (secondary N) is 1. The van der Waals surface area contributed by atoms with Crippen LogP contribution < -0.4 is 5.32 Å². The third kappa shape index (κ3) is 2.96. The van der Waals surface area contributed by atoms with Crippen LogP contribution in [0.3, 0.4) is 0 Å². The summed E-state index contributed by atoms with van der Waals surface area (Å²) in [4.78, 5) is 2.65. The zero-order valence-corrected chi connectivity index (χ0v) is 10.4. The van der Waals surface area contributed by atoms with Crippen LogP contribution >= 0.6 is 0 Å². The Morgan fingerprint density at radius 3 is 2.71 bits per heavy atom. The van der Waals surface area contributed by atoms with Gasteiger partial charge in [0.1, 0.15) is 0 Å². The van der Waals surface area contributed by atoms with Gasteiger partial charge < -0.3 is 5.32 Å². The van der Waals surface area contributed by atoms with Gasteiger partial charge in [0, 0.05) is 30.7 Å². The van der Waals surface area contributed by atoms with E-state index in [1.807, 2.05) is 0 Å². The first kappa shape index (κ1) is 12.0. The van der Waals surface area contributed by atoms with E-state index >= 15 is 0 Å². The molecule has 0 radical (unpaired) electrons. The van der Waals surface area contributed by atoms with E-state index in [1.54, 1.807) is 0 Å². The molecule has 1 aliphatic rings. The topological polar surface area (TPSA) is 15.3 Å². The molecule has 0 aromatic rings. The molecule has 1 aliphatic heterocycles. The first-order chi connectivity index (χ1) is 6.46. The molecule has 0 bridgehead atoms. The summed E-state index contributed by atoms with van der Waals surface area (Å²) in [6.07, 6.45) is 2.61. The van der Waals surface area contributed by atoms with Crippen molar-refractivity contribution in [1.29, 1.82) is 0 Å². The quantitative estimate of drug-likeness (QED) is 0.748. The van der Waals surface area contributed by atoms with Crippen LogP contribution in [-0.2, 0) is 0 Å². The molecule has 2 unspecified atom stereocenters. The first-order valence-corrected chi connectivity index (χ1v) is 5.97. The largest absolute Gasteiger partial charge is 0.309 e. The Labute approximate surface area is 89.1 Å². The Bertz CT molecular complexity index is 177. The predicted molar refractivity (Wildman–Crippen MR) is 62.6 cm³/mol. The van der Waals surface area contributed by atoms with Gasteiger partial charge in [-0.3, -0.25) is 4.90 Å². The van der Waals surface area contributed by atoms with Crippen molar-refractivity contribution in [3.8, 4) is 0 Å². The van der Waals surface area contributed by atoms with Crippen LogP contribution in [0.5, 0.6) is 0 Å². The highest BCUT2D eigenvalue weighted by Gasteiger charge is 2.32. The number of rotatable bonds is 3. The van der Waals surface area contributed by atoms with E-state index in [0.717, 1.165) is 12.6 Å². The van der Waals surface area contributed by atoms with E-state index < -0.39 is 0 Å². The molecule has 0 spiro atoms. The molecule has 2 atom stereocenters. The molecule has 0 aliphatic carbocycles. The lowest BCUT2D eigenvalue weighted by Crippen LogP contribution is -2.62. The van der Waals surface area contributed by atoms with Crippen molar-refractivity contribution in [3.05, 3.63) is 0 Å². The van der Waals surface area contributed by atoms with Crippen LogP contribution in [-0.4, -0.2) is 35.6 Å². The van der Waals surface area contributed by atoms with E-state index in [4.69, 9.17) is 0 Å². The zero-order chi connectivity index (χ0) is 10.8. The van der Waals surface area contributed by atoms with Crippen LogP contribution in [0.25, 0.3) is 0 Å². The second-order valence-corrected chi connectivity index (χ2v) is 5.42. The zero-order valence-electron chi connectivity index (χ0n) is 10.4. The maximum atomic E-state index is 3.59. The SMILES string of the molecule is CCCC(C)N1CC(C)(C)NCC1C. The van der Waals surface area contributed by atoms with E-state index in [-0.39, 0.29) is 5.54 Å². The van der Waals surface area contributed by atoms with E-state index in [9.17, 15) is 0 Å². The average Bonchev–Trinajstić information content (AvgIpc) is 2.10. The van der Waals surface area contributed by atoms with Gasteiger partial charge in [0.25, 0.3) is 0 Å². The maximum absolute atomic E-state index is 3.59. The molecule has 0 aromatic carbocycles. The number of hydrogen-bond acceptors (Lipinski definition) is 2. The molecule has 1 N–H and O–H groups in total. The van der Waals surface area contributed by atoms with E-state index in [2.05, 4.69) is 44.8 Å². The Kier molecular flexibility index (Phi) is 3.96. The second-order valence-electron chi connectivity index (χ2n) is 5.42. The van der Waals surface area contributed by atoms with E-state index in [0.29, 0.717) is 6.04 Å². The Morgan fingerprint density at radius 1 is 1.50 bits per heavy atom. The summed E-state index contributed by atoms with van der Waals surface area (Å²) in [5.74, 6) is 0. The second kappa shape index (κ2) is 4.63. The summed E-state index contributed by atoms with van der Waals surface area (Å²) in [5, 5.41) is 3.59. The van der Waals surface area contributed by atoms with Crippen molar-refractivity contribution in [3.63, 3.8) is 0 Å². The number of nitrogens with zero attached hydrogens (tertiary/aromatic N) is 1. The lowest BCUT2D eigenvalue weighted by Gasteiger charge is -2.46. The minimum absolute atomic E-state index is 0.286. The van der Waals surface area contributed by atoms with Gasteiger partial charge >= 0.3 is 0 Å². The van der Waals surface area contributed by atoms with E-state index in [1.165, 1.54) is 19.4 Å². The number of hydrogen-bond donors (Lipinski definition) is 1. The molecule has 1 saturated heterocycles. The molecule has 0 saturated carbocycles. The molecule has 0 amide bonds. The van der Waals surface area contributed by atoms with Gasteiger partial charge in [-0.25, -0.2) is 0 Å². The fourth-order valence-corrected chi connectivity index (χ4v) is 2.38. The fourth-order valence-electron chi connectivity index (χ4n) is 2.38. The Morgan fingerprint density at radius 2 is 2.14 bits per heavy atom. The van der Waals surface area contributed by atoms with Crippen LogP contribution in [0.2, 0.25) is 0 Å². The third-order valence-electron chi connectivity index (χ3n) is 3.29. The molecule has 2 heteroatoms. The monoisotopic (exact) mass is 198 g/mol. The summed E-state index contributed by atoms with van der Waals surface area (Å²) in [5.41, 5.74) is 0.286. The maximum Gasteiger partial charge on any atom is 0.0253 e. The Balaban J connectivity index is 2.56. The van der Waals surface area contributed by atoms with Gasteiger partial charge in [-0.05, 0) is 34.1 Å². The highest BCUT2D eigenvalue weighted by atomic mass is 15.3. The van der Waals surface area contributed by atoms with Crippen LogP contribution in [0.15, 0.2) is 0 Å². The lowest BCUT2D eigenvalue weighted by atomic mass is 9.96. The summed E-state index contributed by atoms with van der Waals surface area (Å²) in [7, 11) is 0. The molecule has 1 rings (SSSR count). The normalized spacial score (nSPS) is 30.2. The highest BCUT2D eigenvalue weighted by Crippen LogP contribution is 2.19. The first-order valence-electron chi connectivity index (χ1n) is 5.97. The minimum atomic E-state index is 0.286. The van der Waals surface area contributed by atoms with Crippen molar-refractivity contribution in [2.45, 2.75) is 65.1 Å². The summed E-state index contributed by atoms with van der Waals surface area (Å²) >= 11 is 0. The predicted octanol–water partition coefficient (Wildman–Crippen LogP) is 2.25. The minimum Gasteiger partial charge on any atom is -0.309 e. The molecular formula is C12H26N2. The van der Waals surface area contributed by atoms with Gasteiger partial charge in [-0.2, -0.15) is 0 Å². The Hall–Kier alpha value is -0.0800. The van der Waals surface area contributed by atoms with Crippen molar-refractivity contribution in [2.75, 3.05) is 13.1 Å². The van der Waals surface area contributed by atoms with Crippen molar-refractivity contribution < 1.29 is 0 Å². The fraction of sp³-hybridized carbons (Fsp3) is 1.00. The van der Waals surface area contributed by atoms with Crippen LogP contribution in [0, 0.1) is 0 Å².